The third-order valence-electron chi connectivity index (χ3n) is 6.17. The Balaban J connectivity index is 1.47. The van der Waals surface area contributed by atoms with E-state index in [0.717, 1.165) is 29.7 Å². The maximum absolute atomic E-state index is 13.5. The van der Waals surface area contributed by atoms with Gasteiger partial charge in [0, 0.05) is 35.9 Å². The molecule has 1 saturated heterocycles. The quantitative estimate of drug-likeness (QED) is 0.634. The van der Waals surface area contributed by atoms with Crippen LogP contribution in [0.4, 0.5) is 4.39 Å². The first-order valence-corrected chi connectivity index (χ1v) is 10.3. The molecule has 3 heterocycles. The van der Waals surface area contributed by atoms with Gasteiger partial charge in [0.1, 0.15) is 17.3 Å². The highest BCUT2D eigenvalue weighted by Gasteiger charge is 2.44. The first-order valence-electron chi connectivity index (χ1n) is 10.3. The van der Waals surface area contributed by atoms with Crippen LogP contribution >= 0.6 is 0 Å². The van der Waals surface area contributed by atoms with E-state index in [1.807, 2.05) is 11.1 Å². The van der Waals surface area contributed by atoms with E-state index in [1.54, 1.807) is 44.6 Å². The first kappa shape index (κ1) is 19.5. The standard InChI is InChI=1S/C24H22FN3O3/c1-30-17-8-9-18(22(12-17)31-2)24(29)28-16-7-10-21(28)19-13-26-23(27-20(19)11-16)14-3-5-15(25)6-4-14/h3-6,8-9,12-13,16,21H,7,10-11H2,1-2H3. The monoisotopic (exact) mass is 419 g/mol. The Bertz CT molecular complexity index is 1150. The Labute approximate surface area is 179 Å². The lowest BCUT2D eigenvalue weighted by Crippen LogP contribution is -2.42. The Hall–Kier alpha value is -3.48. The van der Waals surface area contributed by atoms with Gasteiger partial charge in [-0.15, -0.1) is 0 Å². The lowest BCUT2D eigenvalue weighted by Gasteiger charge is -2.36. The van der Waals surface area contributed by atoms with Crippen molar-refractivity contribution in [2.24, 2.45) is 0 Å². The fraction of sp³-hybridized carbons (Fsp3) is 0.292. The van der Waals surface area contributed by atoms with Crippen molar-refractivity contribution in [3.05, 3.63) is 71.3 Å². The highest BCUT2D eigenvalue weighted by molar-refractivity contribution is 5.98. The Morgan fingerprint density at radius 2 is 1.90 bits per heavy atom. The molecule has 3 aromatic rings. The normalized spacial score (nSPS) is 19.1. The molecule has 7 heteroatoms. The molecule has 6 nitrogen and oxygen atoms in total. The minimum Gasteiger partial charge on any atom is -0.497 e. The zero-order valence-corrected chi connectivity index (χ0v) is 17.3. The maximum Gasteiger partial charge on any atom is 0.258 e. The van der Waals surface area contributed by atoms with E-state index >= 15 is 0 Å². The van der Waals surface area contributed by atoms with E-state index in [9.17, 15) is 9.18 Å². The molecule has 0 spiro atoms. The van der Waals surface area contributed by atoms with Crippen LogP contribution in [0.5, 0.6) is 11.5 Å². The summed E-state index contributed by atoms with van der Waals surface area (Å²) in [7, 11) is 3.13. The lowest BCUT2D eigenvalue weighted by atomic mass is 9.97. The van der Waals surface area contributed by atoms with Crippen molar-refractivity contribution in [1.29, 1.82) is 0 Å². The zero-order valence-electron chi connectivity index (χ0n) is 17.3. The van der Waals surface area contributed by atoms with Gasteiger partial charge in [-0.2, -0.15) is 0 Å². The van der Waals surface area contributed by atoms with Gasteiger partial charge in [0.15, 0.2) is 5.82 Å². The van der Waals surface area contributed by atoms with Gasteiger partial charge >= 0.3 is 0 Å². The predicted octanol–water partition coefficient (Wildman–Crippen LogP) is 4.20. The van der Waals surface area contributed by atoms with Crippen molar-refractivity contribution in [1.82, 2.24) is 14.9 Å². The van der Waals surface area contributed by atoms with Crippen molar-refractivity contribution < 1.29 is 18.7 Å². The third kappa shape index (κ3) is 3.30. The zero-order chi connectivity index (χ0) is 21.5. The van der Waals surface area contributed by atoms with Gasteiger partial charge in [-0.3, -0.25) is 4.79 Å². The lowest BCUT2D eigenvalue weighted by molar-refractivity contribution is 0.0640. The fourth-order valence-corrected chi connectivity index (χ4v) is 4.64. The first-order chi connectivity index (χ1) is 15.1. The van der Waals surface area contributed by atoms with E-state index in [0.29, 0.717) is 29.3 Å². The van der Waals surface area contributed by atoms with E-state index < -0.39 is 0 Å². The van der Waals surface area contributed by atoms with Crippen LogP contribution in [-0.2, 0) is 6.42 Å². The number of ether oxygens (including phenoxy) is 2. The summed E-state index contributed by atoms with van der Waals surface area (Å²) < 4.78 is 24.0. The molecule has 1 amide bonds. The molecule has 0 aliphatic carbocycles. The molecule has 2 aliphatic rings. The van der Waals surface area contributed by atoms with Crippen molar-refractivity contribution in [2.75, 3.05) is 14.2 Å². The van der Waals surface area contributed by atoms with Crippen LogP contribution in [0.15, 0.2) is 48.7 Å². The molecular weight excluding hydrogens is 397 g/mol. The summed E-state index contributed by atoms with van der Waals surface area (Å²) in [5, 5.41) is 0. The average molecular weight is 419 g/mol. The molecule has 1 aromatic heterocycles. The van der Waals surface area contributed by atoms with Crippen LogP contribution in [-0.4, -0.2) is 41.0 Å². The number of hydrogen-bond acceptors (Lipinski definition) is 5. The topological polar surface area (TPSA) is 64.5 Å². The number of nitrogens with zero attached hydrogens (tertiary/aromatic N) is 3. The number of halogens is 1. The van der Waals surface area contributed by atoms with Gasteiger partial charge in [-0.05, 0) is 49.2 Å². The molecule has 2 atom stereocenters. The van der Waals surface area contributed by atoms with Crippen LogP contribution in [0.1, 0.15) is 40.5 Å². The van der Waals surface area contributed by atoms with Crippen LogP contribution in [0.2, 0.25) is 0 Å². The number of carbonyl (C=O) groups excluding carboxylic acids is 1. The Kier molecular flexibility index (Phi) is 4.81. The van der Waals surface area contributed by atoms with E-state index in [1.165, 1.54) is 12.1 Å². The number of methoxy groups -OCH3 is 2. The SMILES string of the molecule is COc1ccc(C(=O)N2C3CCC2c2cnc(-c4ccc(F)cc4)nc2C3)c(OC)c1. The highest BCUT2D eigenvalue weighted by atomic mass is 19.1. The molecule has 0 radical (unpaired) electrons. The summed E-state index contributed by atoms with van der Waals surface area (Å²) >= 11 is 0. The summed E-state index contributed by atoms with van der Waals surface area (Å²) in [5.74, 6) is 1.37. The molecule has 2 aliphatic heterocycles. The van der Waals surface area contributed by atoms with Crippen LogP contribution < -0.4 is 9.47 Å². The largest absolute Gasteiger partial charge is 0.497 e. The molecule has 5 rings (SSSR count). The molecule has 2 unspecified atom stereocenters. The number of benzene rings is 2. The molecule has 0 N–H and O–H groups in total. The molecule has 31 heavy (non-hydrogen) atoms. The molecule has 158 valence electrons. The summed E-state index contributed by atoms with van der Waals surface area (Å²) in [4.78, 5) is 24.7. The third-order valence-corrected chi connectivity index (χ3v) is 6.17. The van der Waals surface area contributed by atoms with Gasteiger partial charge in [-0.1, -0.05) is 0 Å². The average Bonchev–Trinajstić information content (AvgIpc) is 3.12. The second-order valence-electron chi connectivity index (χ2n) is 7.83. The fourth-order valence-electron chi connectivity index (χ4n) is 4.64. The second kappa shape index (κ2) is 7.65. The maximum atomic E-state index is 13.5. The number of carbonyl (C=O) groups is 1. The predicted molar refractivity (Wildman–Crippen MR) is 113 cm³/mol. The minimum absolute atomic E-state index is 0.0553. The second-order valence-corrected chi connectivity index (χ2v) is 7.83. The molecular formula is C24H22FN3O3. The van der Waals surface area contributed by atoms with Gasteiger partial charge in [0.2, 0.25) is 0 Å². The summed E-state index contributed by atoms with van der Waals surface area (Å²) in [6.45, 7) is 0. The summed E-state index contributed by atoms with van der Waals surface area (Å²) in [5.41, 5.74) is 3.25. The summed E-state index contributed by atoms with van der Waals surface area (Å²) in [6, 6.07) is 11.4. The Morgan fingerprint density at radius 3 is 2.65 bits per heavy atom. The van der Waals surface area contributed by atoms with Crippen LogP contribution in [0.25, 0.3) is 11.4 Å². The van der Waals surface area contributed by atoms with E-state index in [2.05, 4.69) is 4.98 Å². The number of amides is 1. The number of aromatic nitrogens is 2. The van der Waals surface area contributed by atoms with E-state index in [-0.39, 0.29) is 23.8 Å². The molecule has 0 saturated carbocycles. The Morgan fingerprint density at radius 1 is 1.10 bits per heavy atom. The number of rotatable bonds is 4. The van der Waals surface area contributed by atoms with Crippen molar-refractivity contribution in [2.45, 2.75) is 31.3 Å². The van der Waals surface area contributed by atoms with Gasteiger partial charge in [0.25, 0.3) is 5.91 Å². The van der Waals surface area contributed by atoms with Crippen LogP contribution in [0.3, 0.4) is 0 Å². The molecule has 2 aromatic carbocycles. The van der Waals surface area contributed by atoms with Gasteiger partial charge in [-0.25, -0.2) is 14.4 Å². The van der Waals surface area contributed by atoms with Crippen molar-refractivity contribution in [3.8, 4) is 22.9 Å². The number of hydrogen-bond donors (Lipinski definition) is 0. The molecule has 1 fully saturated rings. The molecule has 2 bridgehead atoms. The highest BCUT2D eigenvalue weighted by Crippen LogP contribution is 2.44. The number of fused-ring (bicyclic) bond motifs is 4. The van der Waals surface area contributed by atoms with Crippen molar-refractivity contribution >= 4 is 5.91 Å². The smallest absolute Gasteiger partial charge is 0.258 e. The minimum atomic E-state index is -0.289. The van der Waals surface area contributed by atoms with Gasteiger partial charge in [0.05, 0.1) is 31.5 Å². The van der Waals surface area contributed by atoms with Crippen LogP contribution in [0, 0.1) is 5.82 Å². The van der Waals surface area contributed by atoms with E-state index in [4.69, 9.17) is 14.5 Å². The van der Waals surface area contributed by atoms with Gasteiger partial charge < -0.3 is 14.4 Å². The summed E-state index contributed by atoms with van der Waals surface area (Å²) in [6.07, 6.45) is 4.28. The van der Waals surface area contributed by atoms with Crippen molar-refractivity contribution in [3.63, 3.8) is 0 Å².